The first-order valence-electron chi connectivity index (χ1n) is 8.00. The highest BCUT2D eigenvalue weighted by Gasteiger charge is 2.38. The SMILES string of the molecule is N#CC1C(C2CCNCC2)=Nc2[nH]ncc2C1c1ccncc1. The van der Waals surface area contributed by atoms with E-state index in [0.717, 1.165) is 48.6 Å². The fourth-order valence-corrected chi connectivity index (χ4v) is 3.70. The van der Waals surface area contributed by atoms with Crippen molar-refractivity contribution in [3.05, 3.63) is 41.9 Å². The zero-order valence-corrected chi connectivity index (χ0v) is 12.7. The van der Waals surface area contributed by atoms with E-state index < -0.39 is 0 Å². The van der Waals surface area contributed by atoms with Gasteiger partial charge in [0, 0.05) is 35.5 Å². The Balaban J connectivity index is 1.81. The molecule has 23 heavy (non-hydrogen) atoms. The highest BCUT2D eigenvalue weighted by atomic mass is 15.2. The van der Waals surface area contributed by atoms with E-state index in [-0.39, 0.29) is 11.8 Å². The minimum atomic E-state index is -0.245. The normalized spacial score (nSPS) is 24.6. The summed E-state index contributed by atoms with van der Waals surface area (Å²) < 4.78 is 0. The van der Waals surface area contributed by atoms with Crippen molar-refractivity contribution in [3.8, 4) is 6.07 Å². The molecule has 116 valence electrons. The highest BCUT2D eigenvalue weighted by molar-refractivity contribution is 5.96. The molecule has 2 aromatic rings. The number of hydrogen-bond donors (Lipinski definition) is 2. The molecule has 1 saturated heterocycles. The van der Waals surface area contributed by atoms with Gasteiger partial charge in [-0.3, -0.25) is 10.1 Å². The van der Waals surface area contributed by atoms with Gasteiger partial charge in [0.15, 0.2) is 5.82 Å². The molecule has 6 nitrogen and oxygen atoms in total. The van der Waals surface area contributed by atoms with Crippen molar-refractivity contribution in [3.63, 3.8) is 0 Å². The van der Waals surface area contributed by atoms with Gasteiger partial charge in [-0.2, -0.15) is 10.4 Å². The van der Waals surface area contributed by atoms with Crippen LogP contribution >= 0.6 is 0 Å². The Labute approximate surface area is 134 Å². The monoisotopic (exact) mass is 306 g/mol. The molecule has 6 heteroatoms. The molecule has 2 aliphatic heterocycles. The van der Waals surface area contributed by atoms with Crippen molar-refractivity contribution in [2.45, 2.75) is 18.8 Å². The van der Waals surface area contributed by atoms with Crippen molar-refractivity contribution in [1.29, 1.82) is 5.26 Å². The van der Waals surface area contributed by atoms with Gasteiger partial charge in [-0.25, -0.2) is 4.99 Å². The molecule has 2 atom stereocenters. The van der Waals surface area contributed by atoms with Gasteiger partial charge < -0.3 is 5.32 Å². The number of aromatic amines is 1. The zero-order valence-electron chi connectivity index (χ0n) is 12.7. The summed E-state index contributed by atoms with van der Waals surface area (Å²) in [5, 5.41) is 20.4. The van der Waals surface area contributed by atoms with Crippen LogP contribution in [0.2, 0.25) is 0 Å². The highest BCUT2D eigenvalue weighted by Crippen LogP contribution is 2.43. The van der Waals surface area contributed by atoms with E-state index in [2.05, 4.69) is 26.6 Å². The van der Waals surface area contributed by atoms with Gasteiger partial charge in [-0.15, -0.1) is 0 Å². The standard InChI is InChI=1S/C17H18N6/c18-9-13-15(11-1-5-19-6-2-11)14-10-21-23-17(14)22-16(13)12-3-7-20-8-4-12/h1-2,5-6,10,12-13,15,20H,3-4,7-8H2,(H,21,23). The maximum Gasteiger partial charge on any atom is 0.151 e. The number of aromatic nitrogens is 3. The fraction of sp³-hybridized carbons (Fsp3) is 0.412. The van der Waals surface area contributed by atoms with Crippen molar-refractivity contribution in [2.75, 3.05) is 13.1 Å². The van der Waals surface area contributed by atoms with Gasteiger partial charge in [0.1, 0.15) is 0 Å². The second kappa shape index (κ2) is 5.94. The number of nitrogens with one attached hydrogen (secondary N) is 2. The molecule has 0 aliphatic carbocycles. The van der Waals surface area contributed by atoms with Crippen molar-refractivity contribution in [1.82, 2.24) is 20.5 Å². The van der Waals surface area contributed by atoms with Gasteiger partial charge in [0.2, 0.25) is 0 Å². The molecule has 0 radical (unpaired) electrons. The molecule has 4 heterocycles. The van der Waals surface area contributed by atoms with Crippen LogP contribution in [0.25, 0.3) is 0 Å². The Morgan fingerprint density at radius 3 is 2.70 bits per heavy atom. The second-order valence-corrected chi connectivity index (χ2v) is 6.10. The number of H-pyrrole nitrogens is 1. The van der Waals surface area contributed by atoms with Crippen LogP contribution in [-0.2, 0) is 0 Å². The summed E-state index contributed by atoms with van der Waals surface area (Å²) in [6.45, 7) is 1.97. The Morgan fingerprint density at radius 2 is 1.96 bits per heavy atom. The van der Waals surface area contributed by atoms with Gasteiger partial charge in [0.05, 0.1) is 18.2 Å². The third-order valence-electron chi connectivity index (χ3n) is 4.84. The van der Waals surface area contributed by atoms with Gasteiger partial charge in [0.25, 0.3) is 0 Å². The number of aliphatic imine (C=N–C) groups is 1. The van der Waals surface area contributed by atoms with E-state index in [9.17, 15) is 5.26 Å². The van der Waals surface area contributed by atoms with Crippen molar-refractivity contribution in [2.24, 2.45) is 16.8 Å². The zero-order chi connectivity index (χ0) is 15.6. The first kappa shape index (κ1) is 14.1. The third-order valence-corrected chi connectivity index (χ3v) is 4.84. The molecule has 2 aromatic heterocycles. The van der Waals surface area contributed by atoms with E-state index in [1.807, 2.05) is 12.1 Å². The molecular formula is C17H18N6. The summed E-state index contributed by atoms with van der Waals surface area (Å²) in [4.78, 5) is 8.89. The number of fused-ring (bicyclic) bond motifs is 1. The van der Waals surface area contributed by atoms with Gasteiger partial charge >= 0.3 is 0 Å². The number of piperidine rings is 1. The van der Waals surface area contributed by atoms with Crippen LogP contribution in [0, 0.1) is 23.2 Å². The van der Waals surface area contributed by atoms with Crippen LogP contribution in [0.3, 0.4) is 0 Å². The lowest BCUT2D eigenvalue weighted by atomic mass is 9.73. The molecule has 0 spiro atoms. The summed E-state index contributed by atoms with van der Waals surface area (Å²) in [6, 6.07) is 6.48. The molecule has 0 amide bonds. The largest absolute Gasteiger partial charge is 0.317 e. The molecule has 0 aromatic carbocycles. The topological polar surface area (TPSA) is 89.8 Å². The Kier molecular flexibility index (Phi) is 3.64. The van der Waals surface area contributed by atoms with E-state index in [4.69, 9.17) is 4.99 Å². The van der Waals surface area contributed by atoms with Gasteiger partial charge in [-0.05, 0) is 43.6 Å². The number of nitriles is 1. The van der Waals surface area contributed by atoms with Crippen LogP contribution in [0.4, 0.5) is 5.82 Å². The predicted molar refractivity (Wildman–Crippen MR) is 86.5 cm³/mol. The van der Waals surface area contributed by atoms with E-state index in [1.165, 1.54) is 0 Å². The Morgan fingerprint density at radius 1 is 1.17 bits per heavy atom. The van der Waals surface area contributed by atoms with Gasteiger partial charge in [-0.1, -0.05) is 0 Å². The number of pyridine rings is 1. The van der Waals surface area contributed by atoms with Crippen LogP contribution < -0.4 is 5.32 Å². The molecule has 0 bridgehead atoms. The van der Waals surface area contributed by atoms with E-state index in [0.29, 0.717) is 5.92 Å². The van der Waals surface area contributed by atoms with Crippen LogP contribution in [-0.4, -0.2) is 34.0 Å². The average molecular weight is 306 g/mol. The van der Waals surface area contributed by atoms with E-state index in [1.54, 1.807) is 18.6 Å². The van der Waals surface area contributed by atoms with Crippen molar-refractivity contribution >= 4 is 11.5 Å². The first-order valence-corrected chi connectivity index (χ1v) is 8.00. The lowest BCUT2D eigenvalue weighted by Gasteiger charge is -2.33. The van der Waals surface area contributed by atoms with Crippen LogP contribution in [0.1, 0.15) is 29.9 Å². The summed E-state index contributed by atoms with van der Waals surface area (Å²) in [7, 11) is 0. The average Bonchev–Trinajstić information content (AvgIpc) is 3.09. The molecule has 1 fully saturated rings. The summed E-state index contributed by atoms with van der Waals surface area (Å²) >= 11 is 0. The molecular weight excluding hydrogens is 288 g/mol. The Hall–Kier alpha value is -2.52. The molecule has 2 unspecified atom stereocenters. The first-order chi connectivity index (χ1) is 11.4. The number of rotatable bonds is 2. The van der Waals surface area contributed by atoms with Crippen LogP contribution in [0.15, 0.2) is 35.7 Å². The molecule has 2 aliphatic rings. The Bertz CT molecular complexity index is 751. The summed E-state index contributed by atoms with van der Waals surface area (Å²) in [5.74, 6) is 0.887. The quantitative estimate of drug-likeness (QED) is 0.889. The number of hydrogen-bond acceptors (Lipinski definition) is 5. The second-order valence-electron chi connectivity index (χ2n) is 6.10. The lowest BCUT2D eigenvalue weighted by molar-refractivity contribution is 0.443. The summed E-state index contributed by atoms with van der Waals surface area (Å²) in [5.41, 5.74) is 3.10. The third kappa shape index (κ3) is 2.43. The molecule has 0 saturated carbocycles. The van der Waals surface area contributed by atoms with E-state index >= 15 is 0 Å². The minimum Gasteiger partial charge on any atom is -0.317 e. The number of nitrogens with zero attached hydrogens (tertiary/aromatic N) is 4. The maximum atomic E-state index is 9.89. The molecule has 4 rings (SSSR count). The predicted octanol–water partition coefficient (Wildman–Crippen LogP) is 2.16. The lowest BCUT2D eigenvalue weighted by Crippen LogP contribution is -2.37. The van der Waals surface area contributed by atoms with Crippen molar-refractivity contribution < 1.29 is 0 Å². The fourth-order valence-electron chi connectivity index (χ4n) is 3.70. The summed E-state index contributed by atoms with van der Waals surface area (Å²) in [6.07, 6.45) is 7.42. The molecule has 2 N–H and O–H groups in total. The minimum absolute atomic E-state index is 0.0286. The smallest absolute Gasteiger partial charge is 0.151 e. The van der Waals surface area contributed by atoms with Crippen LogP contribution in [0.5, 0.6) is 0 Å². The maximum absolute atomic E-state index is 9.89.